The normalized spacial score (nSPS) is 19.0. The predicted octanol–water partition coefficient (Wildman–Crippen LogP) is 3.27. The third kappa shape index (κ3) is 3.35. The highest BCUT2D eigenvalue weighted by Crippen LogP contribution is 2.22. The van der Waals surface area contributed by atoms with Crippen molar-refractivity contribution in [2.75, 3.05) is 18.0 Å². The number of hydrogen-bond donors (Lipinski definition) is 1. The maximum absolute atomic E-state index is 4.30. The number of nitrogens with one attached hydrogen (secondary N) is 1. The molecule has 1 atom stereocenters. The summed E-state index contributed by atoms with van der Waals surface area (Å²) in [5.74, 6) is 0. The molecule has 1 aliphatic heterocycles. The van der Waals surface area contributed by atoms with E-state index in [9.17, 15) is 0 Å². The summed E-state index contributed by atoms with van der Waals surface area (Å²) in [5.41, 5.74) is 4.34. The van der Waals surface area contributed by atoms with Crippen molar-refractivity contribution >= 4 is 33.0 Å². The molecule has 2 heterocycles. The van der Waals surface area contributed by atoms with Gasteiger partial charge < -0.3 is 10.2 Å². The maximum atomic E-state index is 4.30. The van der Waals surface area contributed by atoms with E-state index in [2.05, 4.69) is 60.8 Å². The first-order valence-corrected chi connectivity index (χ1v) is 8.16. The number of anilines is 1. The van der Waals surface area contributed by atoms with E-state index in [-0.39, 0.29) is 0 Å². The van der Waals surface area contributed by atoms with Crippen molar-refractivity contribution in [3.8, 4) is 0 Å². The first-order chi connectivity index (χ1) is 9.31. The Hall–Kier alpha value is -0.910. The summed E-state index contributed by atoms with van der Waals surface area (Å²) < 4.78 is 1.13. The van der Waals surface area contributed by atoms with Gasteiger partial charge in [0.25, 0.3) is 0 Å². The fourth-order valence-corrected chi connectivity index (χ4v) is 3.21. The summed E-state index contributed by atoms with van der Waals surface area (Å²) in [4.78, 5) is 6.74. The van der Waals surface area contributed by atoms with Gasteiger partial charge in [-0.2, -0.15) is 0 Å². The van der Waals surface area contributed by atoms with Crippen LogP contribution >= 0.6 is 27.3 Å². The van der Waals surface area contributed by atoms with Crippen LogP contribution in [0.1, 0.15) is 12.1 Å². The van der Waals surface area contributed by atoms with Crippen molar-refractivity contribution in [1.82, 2.24) is 10.3 Å². The fraction of sp³-hybridized carbons (Fsp3) is 0.357. The Balaban J connectivity index is 1.53. The van der Waals surface area contributed by atoms with Crippen molar-refractivity contribution in [1.29, 1.82) is 0 Å². The first kappa shape index (κ1) is 13.1. The van der Waals surface area contributed by atoms with Crippen molar-refractivity contribution in [2.24, 2.45) is 0 Å². The minimum Gasteiger partial charge on any atom is -0.370 e. The average molecular weight is 338 g/mol. The van der Waals surface area contributed by atoms with Crippen LogP contribution in [0.4, 0.5) is 5.69 Å². The topological polar surface area (TPSA) is 28.2 Å². The zero-order chi connectivity index (χ0) is 13.1. The second kappa shape index (κ2) is 6.03. The van der Waals surface area contributed by atoms with Gasteiger partial charge in [0, 0.05) is 41.2 Å². The van der Waals surface area contributed by atoms with Gasteiger partial charge in [0.05, 0.1) is 11.2 Å². The van der Waals surface area contributed by atoms with E-state index in [1.807, 2.05) is 5.51 Å². The van der Waals surface area contributed by atoms with E-state index in [1.54, 1.807) is 11.3 Å². The van der Waals surface area contributed by atoms with Gasteiger partial charge >= 0.3 is 0 Å². The Kier molecular flexibility index (Phi) is 4.15. The van der Waals surface area contributed by atoms with Gasteiger partial charge in [0.2, 0.25) is 0 Å². The molecule has 0 radical (unpaired) electrons. The summed E-state index contributed by atoms with van der Waals surface area (Å²) in [5, 5.41) is 5.69. The van der Waals surface area contributed by atoms with Crippen LogP contribution in [-0.2, 0) is 6.54 Å². The predicted molar refractivity (Wildman–Crippen MR) is 83.7 cm³/mol. The summed E-state index contributed by atoms with van der Waals surface area (Å²) in [6, 6.07) is 9.11. The minimum absolute atomic E-state index is 0.561. The second-order valence-electron chi connectivity index (χ2n) is 4.77. The fourth-order valence-electron chi connectivity index (χ4n) is 2.39. The van der Waals surface area contributed by atoms with E-state index in [0.717, 1.165) is 29.8 Å². The molecule has 19 heavy (non-hydrogen) atoms. The molecule has 3 rings (SSSR count). The van der Waals surface area contributed by atoms with Gasteiger partial charge in [-0.25, -0.2) is 4.98 Å². The second-order valence-corrected chi connectivity index (χ2v) is 6.40. The van der Waals surface area contributed by atoms with E-state index in [1.165, 1.54) is 12.1 Å². The SMILES string of the molecule is Brc1ccc(N2CCC(NCc3cscn3)C2)cc1. The zero-order valence-electron chi connectivity index (χ0n) is 10.6. The standard InChI is InChI=1S/C14H16BrN3S/c15-11-1-3-14(4-2-11)18-6-5-12(8-18)16-7-13-9-19-10-17-13/h1-4,9-10,12,16H,5-8H2. The van der Waals surface area contributed by atoms with Gasteiger partial charge in [-0.3, -0.25) is 0 Å². The quantitative estimate of drug-likeness (QED) is 0.927. The summed E-state index contributed by atoms with van der Waals surface area (Å²) in [6.45, 7) is 3.07. The molecule has 0 spiro atoms. The van der Waals surface area contributed by atoms with E-state index in [0.29, 0.717) is 6.04 Å². The number of halogens is 1. The molecule has 5 heteroatoms. The Morgan fingerprint density at radius 3 is 2.95 bits per heavy atom. The van der Waals surface area contributed by atoms with Crippen molar-refractivity contribution in [2.45, 2.75) is 19.0 Å². The van der Waals surface area contributed by atoms with Crippen LogP contribution in [0.2, 0.25) is 0 Å². The molecule has 1 aromatic carbocycles. The highest BCUT2D eigenvalue weighted by atomic mass is 79.9. The smallest absolute Gasteiger partial charge is 0.0795 e. The molecule has 0 bridgehead atoms. The number of nitrogens with zero attached hydrogens (tertiary/aromatic N) is 2. The van der Waals surface area contributed by atoms with E-state index < -0.39 is 0 Å². The molecule has 1 aliphatic rings. The Morgan fingerprint density at radius 1 is 1.37 bits per heavy atom. The lowest BCUT2D eigenvalue weighted by atomic mass is 10.2. The number of rotatable bonds is 4. The molecule has 1 fully saturated rings. The van der Waals surface area contributed by atoms with Crippen LogP contribution in [0.5, 0.6) is 0 Å². The van der Waals surface area contributed by atoms with Gasteiger partial charge in [0.15, 0.2) is 0 Å². The van der Waals surface area contributed by atoms with Gasteiger partial charge in [0.1, 0.15) is 0 Å². The molecule has 1 N–H and O–H groups in total. The van der Waals surface area contributed by atoms with Crippen LogP contribution in [0.25, 0.3) is 0 Å². The van der Waals surface area contributed by atoms with E-state index >= 15 is 0 Å². The molecule has 0 amide bonds. The molecule has 0 aliphatic carbocycles. The highest BCUT2D eigenvalue weighted by molar-refractivity contribution is 9.10. The minimum atomic E-state index is 0.561. The molecule has 1 aromatic heterocycles. The number of hydrogen-bond acceptors (Lipinski definition) is 4. The lowest BCUT2D eigenvalue weighted by Crippen LogP contribution is -2.32. The van der Waals surface area contributed by atoms with Gasteiger partial charge in [-0.15, -0.1) is 11.3 Å². The van der Waals surface area contributed by atoms with Crippen LogP contribution in [0, 0.1) is 0 Å². The van der Waals surface area contributed by atoms with Crippen LogP contribution < -0.4 is 10.2 Å². The maximum Gasteiger partial charge on any atom is 0.0795 e. The molecule has 3 nitrogen and oxygen atoms in total. The van der Waals surface area contributed by atoms with E-state index in [4.69, 9.17) is 0 Å². The molecule has 1 unspecified atom stereocenters. The summed E-state index contributed by atoms with van der Waals surface area (Å²) in [7, 11) is 0. The summed E-state index contributed by atoms with van der Waals surface area (Å²) >= 11 is 5.13. The highest BCUT2D eigenvalue weighted by Gasteiger charge is 2.22. The molecule has 100 valence electrons. The number of thiazole rings is 1. The molecule has 1 saturated heterocycles. The largest absolute Gasteiger partial charge is 0.370 e. The monoisotopic (exact) mass is 337 g/mol. The first-order valence-electron chi connectivity index (χ1n) is 6.42. The van der Waals surface area contributed by atoms with Crippen LogP contribution in [0.3, 0.4) is 0 Å². The van der Waals surface area contributed by atoms with Crippen molar-refractivity contribution in [3.05, 3.63) is 45.3 Å². The van der Waals surface area contributed by atoms with Crippen molar-refractivity contribution in [3.63, 3.8) is 0 Å². The Bertz CT molecular complexity index is 512. The summed E-state index contributed by atoms with van der Waals surface area (Å²) in [6.07, 6.45) is 1.19. The lowest BCUT2D eigenvalue weighted by molar-refractivity contribution is 0.547. The lowest BCUT2D eigenvalue weighted by Gasteiger charge is -2.19. The molecule has 2 aromatic rings. The number of benzene rings is 1. The average Bonchev–Trinajstić information content (AvgIpc) is 3.09. The number of aromatic nitrogens is 1. The zero-order valence-corrected chi connectivity index (χ0v) is 13.0. The molecular weight excluding hydrogens is 322 g/mol. The third-order valence-corrected chi connectivity index (χ3v) is 4.60. The Labute approximate surface area is 125 Å². The van der Waals surface area contributed by atoms with Gasteiger partial charge in [-0.1, -0.05) is 15.9 Å². The molecule has 0 saturated carbocycles. The molecular formula is C14H16BrN3S. The van der Waals surface area contributed by atoms with Crippen LogP contribution in [0.15, 0.2) is 39.6 Å². The third-order valence-electron chi connectivity index (χ3n) is 3.44. The van der Waals surface area contributed by atoms with Crippen LogP contribution in [-0.4, -0.2) is 24.1 Å². The van der Waals surface area contributed by atoms with Crippen molar-refractivity contribution < 1.29 is 0 Å². The Morgan fingerprint density at radius 2 is 2.21 bits per heavy atom. The van der Waals surface area contributed by atoms with Gasteiger partial charge in [-0.05, 0) is 30.7 Å².